The third kappa shape index (κ3) is 4.72. The molecule has 3 nitrogen and oxygen atoms in total. The second-order valence-corrected chi connectivity index (χ2v) is 14.0. The van der Waals surface area contributed by atoms with E-state index in [1.165, 1.54) is 48.9 Å². The molecule has 0 N–H and O–H groups in total. The Morgan fingerprint density at radius 2 is 0.870 bits per heavy atom. The van der Waals surface area contributed by atoms with Gasteiger partial charge in [-0.25, -0.2) is 4.98 Å². The lowest BCUT2D eigenvalue weighted by molar-refractivity contribution is 1.16. The normalized spacial score (nSPS) is 11.7. The smallest absolute Gasteiger partial charge is 0.0736 e. The predicted octanol–water partition coefficient (Wildman–Crippen LogP) is 13.4. The minimum absolute atomic E-state index is 0.931. The Morgan fingerprint density at radius 3 is 1.65 bits per heavy atom. The molecule has 0 aliphatic carbocycles. The molecule has 0 radical (unpaired) electrons. The summed E-state index contributed by atoms with van der Waals surface area (Å²) in [7, 11) is 0. The Labute approximate surface area is 312 Å². The van der Waals surface area contributed by atoms with E-state index in [1.807, 2.05) is 0 Å². The first-order valence-corrected chi connectivity index (χ1v) is 18.5. The van der Waals surface area contributed by atoms with Crippen molar-refractivity contribution in [2.24, 2.45) is 0 Å². The highest BCUT2D eigenvalue weighted by Gasteiger charge is 2.21. The number of rotatable bonds is 5. The summed E-state index contributed by atoms with van der Waals surface area (Å²) in [5, 5.41) is 7.40. The fourth-order valence-corrected chi connectivity index (χ4v) is 8.49. The lowest BCUT2D eigenvalue weighted by Gasteiger charge is -2.16. The third-order valence-corrected chi connectivity index (χ3v) is 10.9. The minimum Gasteiger partial charge on any atom is -0.309 e. The van der Waals surface area contributed by atoms with Gasteiger partial charge in [0.2, 0.25) is 0 Å². The van der Waals surface area contributed by atoms with E-state index >= 15 is 0 Å². The van der Waals surface area contributed by atoms with Gasteiger partial charge in [0.1, 0.15) is 0 Å². The van der Waals surface area contributed by atoms with Crippen LogP contribution in [0, 0.1) is 0 Å². The molecule has 0 aliphatic rings. The van der Waals surface area contributed by atoms with Gasteiger partial charge in [0.15, 0.2) is 0 Å². The molecular weight excluding hydrogens is 655 g/mol. The predicted molar refractivity (Wildman–Crippen MR) is 227 cm³/mol. The van der Waals surface area contributed by atoms with Gasteiger partial charge in [0, 0.05) is 38.4 Å². The van der Waals surface area contributed by atoms with Crippen molar-refractivity contribution in [1.29, 1.82) is 0 Å². The molecule has 3 aromatic heterocycles. The summed E-state index contributed by atoms with van der Waals surface area (Å²) >= 11 is 0. The number of para-hydroxylation sites is 4. The van der Waals surface area contributed by atoms with E-state index < -0.39 is 0 Å². The number of fused-ring (bicyclic) bond motifs is 7. The van der Waals surface area contributed by atoms with Crippen molar-refractivity contribution in [2.75, 3.05) is 0 Å². The molecular formula is C51H33N3. The van der Waals surface area contributed by atoms with Crippen molar-refractivity contribution < 1.29 is 0 Å². The molecule has 252 valence electrons. The van der Waals surface area contributed by atoms with Gasteiger partial charge >= 0.3 is 0 Å². The van der Waals surface area contributed by atoms with Crippen molar-refractivity contribution >= 4 is 54.4 Å². The van der Waals surface area contributed by atoms with Crippen molar-refractivity contribution in [3.63, 3.8) is 0 Å². The van der Waals surface area contributed by atoms with Crippen LogP contribution in [0.4, 0.5) is 0 Å². The Bertz CT molecular complexity index is 3200. The van der Waals surface area contributed by atoms with E-state index in [-0.39, 0.29) is 0 Å². The number of aromatic nitrogens is 3. The highest BCUT2D eigenvalue weighted by molar-refractivity contribution is 6.19. The molecule has 11 aromatic rings. The first-order chi connectivity index (χ1) is 26.8. The first kappa shape index (κ1) is 30.4. The molecule has 0 bridgehead atoms. The van der Waals surface area contributed by atoms with E-state index in [0.717, 1.165) is 50.5 Å². The molecule has 0 fully saturated rings. The van der Waals surface area contributed by atoms with Crippen LogP contribution >= 0.6 is 0 Å². The largest absolute Gasteiger partial charge is 0.309 e. The fourth-order valence-electron chi connectivity index (χ4n) is 8.49. The van der Waals surface area contributed by atoms with E-state index in [2.05, 4.69) is 209 Å². The summed E-state index contributed by atoms with van der Waals surface area (Å²) in [4.78, 5) is 5.43. The lowest BCUT2D eigenvalue weighted by Crippen LogP contribution is -2.00. The van der Waals surface area contributed by atoms with Gasteiger partial charge < -0.3 is 9.13 Å². The zero-order valence-corrected chi connectivity index (χ0v) is 29.4. The average Bonchev–Trinajstić information content (AvgIpc) is 3.75. The fraction of sp³-hybridized carbons (Fsp3) is 0. The molecule has 0 atom stereocenters. The Morgan fingerprint density at radius 1 is 0.315 bits per heavy atom. The van der Waals surface area contributed by atoms with Gasteiger partial charge in [-0.3, -0.25) is 0 Å². The van der Waals surface area contributed by atoms with Crippen LogP contribution in [-0.2, 0) is 0 Å². The maximum atomic E-state index is 5.43. The van der Waals surface area contributed by atoms with Crippen LogP contribution in [0.2, 0.25) is 0 Å². The molecule has 0 saturated carbocycles. The van der Waals surface area contributed by atoms with Gasteiger partial charge in [-0.15, -0.1) is 0 Å². The van der Waals surface area contributed by atoms with Gasteiger partial charge in [-0.05, 0) is 76.5 Å². The zero-order chi connectivity index (χ0) is 35.6. The average molecular weight is 688 g/mol. The number of pyridine rings is 1. The first-order valence-electron chi connectivity index (χ1n) is 18.5. The molecule has 0 unspecified atom stereocenters. The number of hydrogen-bond donors (Lipinski definition) is 0. The number of nitrogens with zero attached hydrogens (tertiary/aromatic N) is 3. The topological polar surface area (TPSA) is 22.8 Å². The van der Waals surface area contributed by atoms with Crippen molar-refractivity contribution in [1.82, 2.24) is 14.1 Å². The second-order valence-electron chi connectivity index (χ2n) is 14.0. The Kier molecular flexibility index (Phi) is 6.86. The van der Waals surface area contributed by atoms with Crippen molar-refractivity contribution in [2.45, 2.75) is 0 Å². The van der Waals surface area contributed by atoms with Crippen LogP contribution in [-0.4, -0.2) is 14.1 Å². The summed E-state index contributed by atoms with van der Waals surface area (Å²) in [6.07, 6.45) is 0. The molecule has 3 heterocycles. The van der Waals surface area contributed by atoms with E-state index in [4.69, 9.17) is 4.98 Å². The van der Waals surface area contributed by atoms with E-state index in [0.29, 0.717) is 0 Å². The summed E-state index contributed by atoms with van der Waals surface area (Å²) in [5.41, 5.74) is 13.3. The highest BCUT2D eigenvalue weighted by atomic mass is 15.0. The number of hydrogen-bond acceptors (Lipinski definition) is 1. The summed E-state index contributed by atoms with van der Waals surface area (Å²) in [6.45, 7) is 0. The lowest BCUT2D eigenvalue weighted by atomic mass is 9.95. The van der Waals surface area contributed by atoms with Gasteiger partial charge in [-0.1, -0.05) is 146 Å². The van der Waals surface area contributed by atoms with Gasteiger partial charge in [0.05, 0.1) is 39.1 Å². The van der Waals surface area contributed by atoms with Crippen LogP contribution in [0.1, 0.15) is 0 Å². The summed E-state index contributed by atoms with van der Waals surface area (Å²) in [5.74, 6) is 0. The Hall–Kier alpha value is -7.23. The van der Waals surface area contributed by atoms with E-state index in [1.54, 1.807) is 0 Å². The molecule has 0 aliphatic heterocycles. The van der Waals surface area contributed by atoms with Crippen LogP contribution in [0.25, 0.3) is 99.4 Å². The second kappa shape index (κ2) is 12.2. The van der Waals surface area contributed by atoms with Crippen molar-refractivity contribution in [3.05, 3.63) is 200 Å². The van der Waals surface area contributed by atoms with Crippen LogP contribution in [0.3, 0.4) is 0 Å². The zero-order valence-electron chi connectivity index (χ0n) is 29.4. The monoisotopic (exact) mass is 687 g/mol. The van der Waals surface area contributed by atoms with E-state index in [9.17, 15) is 0 Å². The molecule has 8 aromatic carbocycles. The van der Waals surface area contributed by atoms with Crippen molar-refractivity contribution in [3.8, 4) is 45.0 Å². The molecule has 3 heteroatoms. The molecule has 54 heavy (non-hydrogen) atoms. The third-order valence-electron chi connectivity index (χ3n) is 10.9. The highest BCUT2D eigenvalue weighted by Crippen LogP contribution is 2.42. The van der Waals surface area contributed by atoms with Gasteiger partial charge in [0.25, 0.3) is 0 Å². The van der Waals surface area contributed by atoms with Crippen LogP contribution in [0.5, 0.6) is 0 Å². The Balaban J connectivity index is 1.21. The molecule has 0 amide bonds. The number of benzene rings is 8. The molecule has 0 saturated heterocycles. The maximum absolute atomic E-state index is 5.43. The van der Waals surface area contributed by atoms with Gasteiger partial charge in [-0.2, -0.15) is 0 Å². The molecule has 11 rings (SSSR count). The molecule has 0 spiro atoms. The van der Waals surface area contributed by atoms with Crippen LogP contribution < -0.4 is 0 Å². The minimum atomic E-state index is 0.931. The van der Waals surface area contributed by atoms with Crippen LogP contribution in [0.15, 0.2) is 200 Å². The quantitative estimate of drug-likeness (QED) is 0.177. The maximum Gasteiger partial charge on any atom is 0.0736 e. The summed E-state index contributed by atoms with van der Waals surface area (Å²) < 4.78 is 4.85. The SMILES string of the molecule is c1ccc(-c2cc(-c3cccc4ccccc34)cc(-c3ccccc3-n3c4ccccc4c4cc5c6ccccc6n(-c6ccccc6)c5cc43)n2)cc1. The summed E-state index contributed by atoms with van der Waals surface area (Å²) in [6, 6.07) is 72.0. The standard InChI is InChI=1S/C51H33N3/c1-3-17-35(18-4-1)45-30-36(39-26-15-19-34-16-7-8-22-38(34)39)31-46(52-45)42-25-11-14-29-49(42)54-48-28-13-10-24-41(48)44-32-43-40-23-9-12-27-47(40)53(50(43)33-51(44)54)37-20-5-2-6-21-37/h1-33H.